The standard InChI is InChI=1S/C11H14O3/c1-8(2)11(12)14-10-6-4-9(13-3)5-7-10/h4-8H,1-3H3. The second-order valence-corrected chi connectivity index (χ2v) is 3.25. The summed E-state index contributed by atoms with van der Waals surface area (Å²) in [5.74, 6) is 0.950. The molecule has 1 aromatic rings. The van der Waals surface area contributed by atoms with Gasteiger partial charge in [-0.15, -0.1) is 0 Å². The molecular formula is C11H14O3. The maximum absolute atomic E-state index is 11.2. The fraction of sp³-hybridized carbons (Fsp3) is 0.364. The van der Waals surface area contributed by atoms with Crippen molar-refractivity contribution >= 4 is 5.97 Å². The zero-order valence-electron chi connectivity index (χ0n) is 8.61. The Morgan fingerprint density at radius 3 is 2.07 bits per heavy atom. The molecule has 0 spiro atoms. The van der Waals surface area contributed by atoms with E-state index in [-0.39, 0.29) is 11.9 Å². The summed E-state index contributed by atoms with van der Waals surface area (Å²) in [7, 11) is 1.59. The van der Waals surface area contributed by atoms with Crippen LogP contribution in [-0.2, 0) is 4.79 Å². The van der Waals surface area contributed by atoms with Crippen molar-refractivity contribution in [3.8, 4) is 11.5 Å². The molecule has 1 rings (SSSR count). The molecule has 1 aromatic carbocycles. The highest BCUT2D eigenvalue weighted by molar-refractivity contribution is 5.74. The van der Waals surface area contributed by atoms with Crippen molar-refractivity contribution < 1.29 is 14.3 Å². The van der Waals surface area contributed by atoms with E-state index in [2.05, 4.69) is 0 Å². The Bertz CT molecular complexity index is 301. The molecule has 0 saturated carbocycles. The van der Waals surface area contributed by atoms with Crippen molar-refractivity contribution in [2.45, 2.75) is 13.8 Å². The highest BCUT2D eigenvalue weighted by Gasteiger charge is 2.09. The molecule has 0 atom stereocenters. The average molecular weight is 194 g/mol. The second kappa shape index (κ2) is 4.65. The number of hydrogen-bond donors (Lipinski definition) is 0. The minimum atomic E-state index is -0.227. The second-order valence-electron chi connectivity index (χ2n) is 3.25. The normalized spacial score (nSPS) is 10.0. The van der Waals surface area contributed by atoms with Gasteiger partial charge in [0.05, 0.1) is 13.0 Å². The molecule has 0 saturated heterocycles. The quantitative estimate of drug-likeness (QED) is 0.547. The minimum absolute atomic E-state index is 0.114. The molecule has 0 radical (unpaired) electrons. The van der Waals surface area contributed by atoms with E-state index in [4.69, 9.17) is 9.47 Å². The molecule has 14 heavy (non-hydrogen) atoms. The van der Waals surface area contributed by atoms with Crippen molar-refractivity contribution in [3.63, 3.8) is 0 Å². The highest BCUT2D eigenvalue weighted by atomic mass is 16.5. The van der Waals surface area contributed by atoms with Crippen LogP contribution in [0.3, 0.4) is 0 Å². The number of rotatable bonds is 3. The average Bonchev–Trinajstić information content (AvgIpc) is 2.19. The zero-order valence-corrected chi connectivity index (χ0v) is 8.61. The van der Waals surface area contributed by atoms with Crippen LogP contribution in [0.15, 0.2) is 24.3 Å². The lowest BCUT2D eigenvalue weighted by atomic mass is 10.2. The van der Waals surface area contributed by atoms with Gasteiger partial charge in [-0.2, -0.15) is 0 Å². The minimum Gasteiger partial charge on any atom is -0.497 e. The Kier molecular flexibility index (Phi) is 3.51. The van der Waals surface area contributed by atoms with Crippen LogP contribution >= 0.6 is 0 Å². The molecule has 0 amide bonds. The number of benzene rings is 1. The zero-order chi connectivity index (χ0) is 10.6. The van der Waals surface area contributed by atoms with Gasteiger partial charge in [-0.05, 0) is 24.3 Å². The van der Waals surface area contributed by atoms with Crippen LogP contribution in [0.2, 0.25) is 0 Å². The molecule has 0 aliphatic carbocycles. The molecule has 3 heteroatoms. The molecule has 0 aliphatic heterocycles. The monoisotopic (exact) mass is 194 g/mol. The number of carbonyl (C=O) groups is 1. The Labute approximate surface area is 83.6 Å². The number of esters is 1. The molecule has 0 unspecified atom stereocenters. The van der Waals surface area contributed by atoms with Crippen molar-refractivity contribution in [3.05, 3.63) is 24.3 Å². The Balaban J connectivity index is 2.64. The van der Waals surface area contributed by atoms with Gasteiger partial charge in [-0.25, -0.2) is 0 Å². The Hall–Kier alpha value is -1.51. The van der Waals surface area contributed by atoms with Gasteiger partial charge in [-0.3, -0.25) is 4.79 Å². The van der Waals surface area contributed by atoms with Crippen LogP contribution in [0.1, 0.15) is 13.8 Å². The lowest BCUT2D eigenvalue weighted by Gasteiger charge is -2.06. The number of methoxy groups -OCH3 is 1. The molecule has 0 heterocycles. The van der Waals surface area contributed by atoms with Crippen LogP contribution in [-0.4, -0.2) is 13.1 Å². The third kappa shape index (κ3) is 2.76. The predicted molar refractivity (Wildman–Crippen MR) is 53.5 cm³/mol. The molecular weight excluding hydrogens is 180 g/mol. The SMILES string of the molecule is COc1ccc(OC(=O)C(C)C)cc1. The number of ether oxygens (including phenoxy) is 2. The van der Waals surface area contributed by atoms with E-state index >= 15 is 0 Å². The van der Waals surface area contributed by atoms with E-state index in [0.29, 0.717) is 5.75 Å². The van der Waals surface area contributed by atoms with Gasteiger partial charge < -0.3 is 9.47 Å². The first-order valence-corrected chi connectivity index (χ1v) is 4.49. The Morgan fingerprint density at radius 1 is 1.14 bits per heavy atom. The van der Waals surface area contributed by atoms with Crippen molar-refractivity contribution in [1.82, 2.24) is 0 Å². The third-order valence-electron chi connectivity index (χ3n) is 1.75. The lowest BCUT2D eigenvalue weighted by molar-refractivity contribution is -0.137. The summed E-state index contributed by atoms with van der Waals surface area (Å²) < 4.78 is 10.1. The molecule has 0 N–H and O–H groups in total. The molecule has 3 nitrogen and oxygen atoms in total. The summed E-state index contributed by atoms with van der Waals surface area (Å²) in [5, 5.41) is 0. The van der Waals surface area contributed by atoms with Crippen LogP contribution in [0.5, 0.6) is 11.5 Å². The summed E-state index contributed by atoms with van der Waals surface area (Å²) >= 11 is 0. The van der Waals surface area contributed by atoms with E-state index in [1.165, 1.54) is 0 Å². The van der Waals surface area contributed by atoms with Gasteiger partial charge in [0.25, 0.3) is 0 Å². The van der Waals surface area contributed by atoms with Gasteiger partial charge in [0, 0.05) is 0 Å². The topological polar surface area (TPSA) is 35.5 Å². The van der Waals surface area contributed by atoms with Crippen LogP contribution < -0.4 is 9.47 Å². The smallest absolute Gasteiger partial charge is 0.313 e. The first-order valence-electron chi connectivity index (χ1n) is 4.49. The maximum atomic E-state index is 11.2. The van der Waals surface area contributed by atoms with Gasteiger partial charge in [-0.1, -0.05) is 13.8 Å². The largest absolute Gasteiger partial charge is 0.497 e. The highest BCUT2D eigenvalue weighted by Crippen LogP contribution is 2.17. The van der Waals surface area contributed by atoms with Gasteiger partial charge in [0.1, 0.15) is 11.5 Å². The first kappa shape index (κ1) is 10.6. The van der Waals surface area contributed by atoms with E-state index in [1.807, 2.05) is 0 Å². The van der Waals surface area contributed by atoms with Gasteiger partial charge in [0.2, 0.25) is 0 Å². The summed E-state index contributed by atoms with van der Waals surface area (Å²) in [6.07, 6.45) is 0. The molecule has 76 valence electrons. The Morgan fingerprint density at radius 2 is 1.64 bits per heavy atom. The van der Waals surface area contributed by atoms with Gasteiger partial charge in [0.15, 0.2) is 0 Å². The predicted octanol–water partition coefficient (Wildman–Crippen LogP) is 2.26. The maximum Gasteiger partial charge on any atom is 0.313 e. The lowest BCUT2D eigenvalue weighted by Crippen LogP contribution is -2.14. The van der Waals surface area contributed by atoms with E-state index in [0.717, 1.165) is 5.75 Å². The van der Waals surface area contributed by atoms with Crippen molar-refractivity contribution in [1.29, 1.82) is 0 Å². The fourth-order valence-corrected chi connectivity index (χ4v) is 0.878. The number of carbonyl (C=O) groups excluding carboxylic acids is 1. The van der Waals surface area contributed by atoms with Crippen molar-refractivity contribution in [2.24, 2.45) is 5.92 Å². The van der Waals surface area contributed by atoms with Crippen molar-refractivity contribution in [2.75, 3.05) is 7.11 Å². The summed E-state index contributed by atoms with van der Waals surface area (Å²) in [5.41, 5.74) is 0. The summed E-state index contributed by atoms with van der Waals surface area (Å²) in [6.45, 7) is 3.59. The van der Waals surface area contributed by atoms with Crippen LogP contribution in [0.25, 0.3) is 0 Å². The van der Waals surface area contributed by atoms with E-state index in [9.17, 15) is 4.79 Å². The van der Waals surface area contributed by atoms with Crippen LogP contribution in [0, 0.1) is 5.92 Å². The molecule has 0 bridgehead atoms. The molecule has 0 fully saturated rings. The van der Waals surface area contributed by atoms with Gasteiger partial charge >= 0.3 is 5.97 Å². The van der Waals surface area contributed by atoms with E-state index in [1.54, 1.807) is 45.2 Å². The number of hydrogen-bond acceptors (Lipinski definition) is 3. The molecule has 0 aromatic heterocycles. The summed E-state index contributed by atoms with van der Waals surface area (Å²) in [4.78, 5) is 11.2. The molecule has 0 aliphatic rings. The first-order chi connectivity index (χ1) is 6.63. The van der Waals surface area contributed by atoms with E-state index < -0.39 is 0 Å². The fourth-order valence-electron chi connectivity index (χ4n) is 0.878. The van der Waals surface area contributed by atoms with Crippen LogP contribution in [0.4, 0.5) is 0 Å². The third-order valence-corrected chi connectivity index (χ3v) is 1.75. The summed E-state index contributed by atoms with van der Waals surface area (Å²) in [6, 6.07) is 6.92.